The van der Waals surface area contributed by atoms with E-state index in [1.54, 1.807) is 12.1 Å². The molecule has 1 aliphatic rings. The zero-order valence-electron chi connectivity index (χ0n) is 12.5. The fourth-order valence-corrected chi connectivity index (χ4v) is 1.94. The van der Waals surface area contributed by atoms with Crippen LogP contribution in [0, 0.1) is 5.92 Å². The topological polar surface area (TPSA) is 82.8 Å². The van der Waals surface area contributed by atoms with Crippen LogP contribution in [0.4, 0.5) is 5.69 Å². The standard InChI is InChI=1S/C15H22N2O4/c1-19-11-7-12(14(16)13(8-11)20-2)15(18)17-5-6-21-9-10-3-4-10/h7-8,10H,3-6,9,16H2,1-2H3,(H,17,18). The average molecular weight is 294 g/mol. The number of hydrogen-bond donors (Lipinski definition) is 2. The SMILES string of the molecule is COc1cc(OC)c(N)c(C(=O)NCCOCC2CC2)c1. The van der Waals surface area contributed by atoms with Crippen molar-refractivity contribution in [2.75, 3.05) is 39.7 Å². The lowest BCUT2D eigenvalue weighted by molar-refractivity contribution is 0.0907. The van der Waals surface area contributed by atoms with E-state index in [0.717, 1.165) is 12.5 Å². The molecule has 0 aliphatic heterocycles. The largest absolute Gasteiger partial charge is 0.497 e. The number of anilines is 1. The van der Waals surface area contributed by atoms with Crippen LogP contribution >= 0.6 is 0 Å². The molecule has 0 aromatic heterocycles. The number of ether oxygens (including phenoxy) is 3. The van der Waals surface area contributed by atoms with Crippen LogP contribution < -0.4 is 20.5 Å². The first-order valence-electron chi connectivity index (χ1n) is 7.03. The van der Waals surface area contributed by atoms with Gasteiger partial charge in [0.05, 0.1) is 32.1 Å². The Labute approximate surface area is 124 Å². The molecule has 0 spiro atoms. The van der Waals surface area contributed by atoms with Crippen LogP contribution in [-0.4, -0.2) is 39.9 Å². The van der Waals surface area contributed by atoms with Crippen LogP contribution in [0.25, 0.3) is 0 Å². The summed E-state index contributed by atoms with van der Waals surface area (Å²) in [5, 5.41) is 2.78. The first kappa shape index (κ1) is 15.4. The Kier molecular flexibility index (Phi) is 5.27. The second-order valence-corrected chi connectivity index (χ2v) is 5.07. The van der Waals surface area contributed by atoms with Crippen molar-refractivity contribution < 1.29 is 19.0 Å². The minimum absolute atomic E-state index is 0.264. The number of amides is 1. The number of methoxy groups -OCH3 is 2. The molecular formula is C15H22N2O4. The number of carbonyl (C=O) groups is 1. The smallest absolute Gasteiger partial charge is 0.253 e. The third kappa shape index (κ3) is 4.26. The maximum absolute atomic E-state index is 12.2. The molecule has 0 atom stereocenters. The highest BCUT2D eigenvalue weighted by Crippen LogP contribution is 2.31. The molecule has 0 saturated heterocycles. The molecule has 0 bridgehead atoms. The van der Waals surface area contributed by atoms with Gasteiger partial charge in [-0.25, -0.2) is 0 Å². The molecule has 6 heteroatoms. The first-order valence-corrected chi connectivity index (χ1v) is 7.03. The summed E-state index contributed by atoms with van der Waals surface area (Å²) in [6, 6.07) is 3.24. The van der Waals surface area contributed by atoms with E-state index in [0.29, 0.717) is 35.9 Å². The van der Waals surface area contributed by atoms with Crippen molar-refractivity contribution in [3.05, 3.63) is 17.7 Å². The molecule has 1 aromatic rings. The van der Waals surface area contributed by atoms with Gasteiger partial charge in [-0.05, 0) is 24.8 Å². The fraction of sp³-hybridized carbons (Fsp3) is 0.533. The van der Waals surface area contributed by atoms with Crippen molar-refractivity contribution in [2.45, 2.75) is 12.8 Å². The third-order valence-electron chi connectivity index (χ3n) is 3.40. The number of benzene rings is 1. The minimum atomic E-state index is -0.264. The van der Waals surface area contributed by atoms with Gasteiger partial charge in [-0.15, -0.1) is 0 Å². The molecule has 6 nitrogen and oxygen atoms in total. The Morgan fingerprint density at radius 3 is 2.71 bits per heavy atom. The normalized spacial score (nSPS) is 13.8. The number of rotatable bonds is 8. The Morgan fingerprint density at radius 1 is 1.33 bits per heavy atom. The van der Waals surface area contributed by atoms with Gasteiger partial charge < -0.3 is 25.3 Å². The van der Waals surface area contributed by atoms with Gasteiger partial charge in [-0.1, -0.05) is 0 Å². The Balaban J connectivity index is 1.90. The molecule has 1 aromatic carbocycles. The molecule has 3 N–H and O–H groups in total. The van der Waals surface area contributed by atoms with E-state index >= 15 is 0 Å². The molecule has 0 radical (unpaired) electrons. The van der Waals surface area contributed by atoms with Crippen molar-refractivity contribution >= 4 is 11.6 Å². The molecule has 1 amide bonds. The number of nitrogen functional groups attached to an aromatic ring is 1. The van der Waals surface area contributed by atoms with Crippen LogP contribution in [0.1, 0.15) is 23.2 Å². The summed E-state index contributed by atoms with van der Waals surface area (Å²) in [5.41, 5.74) is 6.57. The van der Waals surface area contributed by atoms with E-state index < -0.39 is 0 Å². The zero-order valence-corrected chi connectivity index (χ0v) is 12.5. The predicted molar refractivity (Wildman–Crippen MR) is 79.8 cm³/mol. The summed E-state index contributed by atoms with van der Waals surface area (Å²) in [6.45, 7) is 1.73. The summed E-state index contributed by atoms with van der Waals surface area (Å²) in [7, 11) is 3.02. The van der Waals surface area contributed by atoms with E-state index in [1.165, 1.54) is 27.1 Å². The highest BCUT2D eigenvalue weighted by Gasteiger charge is 2.21. The lowest BCUT2D eigenvalue weighted by Gasteiger charge is -2.13. The van der Waals surface area contributed by atoms with Crippen LogP contribution in [0.15, 0.2) is 12.1 Å². The zero-order chi connectivity index (χ0) is 15.2. The van der Waals surface area contributed by atoms with Crippen LogP contribution in [0.2, 0.25) is 0 Å². The Morgan fingerprint density at radius 2 is 2.10 bits per heavy atom. The molecule has 21 heavy (non-hydrogen) atoms. The van der Waals surface area contributed by atoms with Crippen LogP contribution in [0.3, 0.4) is 0 Å². The average Bonchev–Trinajstić information content (AvgIpc) is 3.31. The Hall–Kier alpha value is -1.95. The number of nitrogens with one attached hydrogen (secondary N) is 1. The van der Waals surface area contributed by atoms with Crippen molar-refractivity contribution in [3.8, 4) is 11.5 Å². The maximum atomic E-state index is 12.2. The first-order chi connectivity index (χ1) is 10.2. The van der Waals surface area contributed by atoms with Gasteiger partial charge in [0.15, 0.2) is 0 Å². The monoisotopic (exact) mass is 294 g/mol. The van der Waals surface area contributed by atoms with Crippen molar-refractivity contribution in [1.82, 2.24) is 5.32 Å². The molecule has 116 valence electrons. The predicted octanol–water partition coefficient (Wildman–Crippen LogP) is 1.44. The fourth-order valence-electron chi connectivity index (χ4n) is 1.94. The summed E-state index contributed by atoms with van der Waals surface area (Å²) in [6.07, 6.45) is 2.51. The lowest BCUT2D eigenvalue weighted by atomic mass is 10.1. The second kappa shape index (κ2) is 7.17. The van der Waals surface area contributed by atoms with Gasteiger partial charge in [0.25, 0.3) is 5.91 Å². The van der Waals surface area contributed by atoms with Crippen molar-refractivity contribution in [2.24, 2.45) is 5.92 Å². The van der Waals surface area contributed by atoms with E-state index in [2.05, 4.69) is 5.32 Å². The summed E-state index contributed by atoms with van der Waals surface area (Å²) in [5.74, 6) is 1.40. The van der Waals surface area contributed by atoms with E-state index in [-0.39, 0.29) is 5.91 Å². The third-order valence-corrected chi connectivity index (χ3v) is 3.40. The summed E-state index contributed by atoms with van der Waals surface area (Å²) in [4.78, 5) is 12.2. The summed E-state index contributed by atoms with van der Waals surface area (Å²) < 4.78 is 15.8. The Bertz CT molecular complexity index is 501. The highest BCUT2D eigenvalue weighted by molar-refractivity contribution is 6.00. The van der Waals surface area contributed by atoms with Crippen LogP contribution in [0.5, 0.6) is 11.5 Å². The van der Waals surface area contributed by atoms with Crippen molar-refractivity contribution in [1.29, 1.82) is 0 Å². The quantitative estimate of drug-likeness (QED) is 0.560. The second-order valence-electron chi connectivity index (χ2n) is 5.07. The molecule has 0 heterocycles. The molecule has 1 saturated carbocycles. The molecule has 1 fully saturated rings. The minimum Gasteiger partial charge on any atom is -0.497 e. The lowest BCUT2D eigenvalue weighted by Crippen LogP contribution is -2.28. The van der Waals surface area contributed by atoms with Gasteiger partial charge in [0, 0.05) is 19.2 Å². The number of carbonyl (C=O) groups excluding carboxylic acids is 1. The van der Waals surface area contributed by atoms with E-state index in [4.69, 9.17) is 19.9 Å². The van der Waals surface area contributed by atoms with Gasteiger partial charge in [-0.3, -0.25) is 4.79 Å². The van der Waals surface area contributed by atoms with E-state index in [1.807, 2.05) is 0 Å². The molecular weight excluding hydrogens is 272 g/mol. The number of nitrogens with two attached hydrogens (primary N) is 1. The van der Waals surface area contributed by atoms with Crippen molar-refractivity contribution in [3.63, 3.8) is 0 Å². The van der Waals surface area contributed by atoms with Gasteiger partial charge in [0.1, 0.15) is 11.5 Å². The number of hydrogen-bond acceptors (Lipinski definition) is 5. The van der Waals surface area contributed by atoms with E-state index in [9.17, 15) is 4.79 Å². The summed E-state index contributed by atoms with van der Waals surface area (Å²) >= 11 is 0. The maximum Gasteiger partial charge on any atom is 0.253 e. The molecule has 0 unspecified atom stereocenters. The highest BCUT2D eigenvalue weighted by atomic mass is 16.5. The van der Waals surface area contributed by atoms with Crippen LogP contribution in [-0.2, 0) is 4.74 Å². The van der Waals surface area contributed by atoms with Gasteiger partial charge in [0.2, 0.25) is 0 Å². The molecule has 1 aliphatic carbocycles. The molecule has 2 rings (SSSR count). The van der Waals surface area contributed by atoms with Gasteiger partial charge in [-0.2, -0.15) is 0 Å². The van der Waals surface area contributed by atoms with Gasteiger partial charge >= 0.3 is 0 Å².